The van der Waals surface area contributed by atoms with E-state index < -0.39 is 15.7 Å². The molecule has 8 heteroatoms. The van der Waals surface area contributed by atoms with Gasteiger partial charge in [-0.3, -0.25) is 9.78 Å². The highest BCUT2D eigenvalue weighted by molar-refractivity contribution is 7.90. The lowest BCUT2D eigenvalue weighted by Crippen LogP contribution is -2.24. The molecule has 2 aromatic heterocycles. The average molecular weight is 379 g/mol. The Morgan fingerprint density at radius 2 is 2.04 bits per heavy atom. The zero-order valence-electron chi connectivity index (χ0n) is 13.5. The number of fused-ring (bicyclic) bond motifs is 1. The number of amides is 1. The van der Waals surface area contributed by atoms with Gasteiger partial charge in [0.05, 0.1) is 22.2 Å². The van der Waals surface area contributed by atoms with Gasteiger partial charge in [-0.1, -0.05) is 23.7 Å². The van der Waals surface area contributed by atoms with Gasteiger partial charge in [0.2, 0.25) is 0 Å². The summed E-state index contributed by atoms with van der Waals surface area (Å²) in [5.41, 5.74) is 1.38. The first kappa shape index (κ1) is 17.4. The van der Waals surface area contributed by atoms with E-state index in [0.717, 1.165) is 11.6 Å². The van der Waals surface area contributed by atoms with E-state index in [1.807, 2.05) is 6.07 Å². The first-order valence-electron chi connectivity index (χ1n) is 7.39. The van der Waals surface area contributed by atoms with E-state index in [9.17, 15) is 13.2 Å². The number of aryl methyl sites for hydroxylation is 1. The normalized spacial score (nSPS) is 11.6. The van der Waals surface area contributed by atoms with Crippen LogP contribution in [0, 0.1) is 6.92 Å². The fraction of sp³-hybridized carbons (Fsp3) is 0.176. The van der Waals surface area contributed by atoms with E-state index in [2.05, 4.69) is 10.3 Å². The van der Waals surface area contributed by atoms with Gasteiger partial charge in [0.25, 0.3) is 5.91 Å². The number of hydrogen-bond donors (Lipinski definition) is 1. The molecule has 1 amide bonds. The molecule has 1 N–H and O–H groups in total. The molecule has 2 heterocycles. The van der Waals surface area contributed by atoms with Crippen LogP contribution in [0.3, 0.4) is 0 Å². The van der Waals surface area contributed by atoms with Crippen LogP contribution in [0.1, 0.15) is 21.8 Å². The number of sulfone groups is 1. The second-order valence-corrected chi connectivity index (χ2v) is 7.97. The number of carbonyl (C=O) groups excluding carboxylic acids is 1. The van der Waals surface area contributed by atoms with Crippen molar-refractivity contribution in [2.75, 3.05) is 6.26 Å². The lowest BCUT2D eigenvalue weighted by atomic mass is 10.1. The Labute approximate surface area is 149 Å². The number of furan rings is 1. The molecule has 0 spiro atoms. The largest absolute Gasteiger partial charge is 0.449 e. The van der Waals surface area contributed by atoms with Crippen LogP contribution in [0.2, 0.25) is 5.02 Å². The monoisotopic (exact) mass is 378 g/mol. The van der Waals surface area contributed by atoms with Gasteiger partial charge in [-0.2, -0.15) is 0 Å². The van der Waals surface area contributed by atoms with E-state index >= 15 is 0 Å². The Hall–Kier alpha value is -2.38. The third kappa shape index (κ3) is 3.38. The Morgan fingerprint density at radius 3 is 2.72 bits per heavy atom. The molecule has 6 nitrogen and oxygen atoms in total. The number of halogens is 1. The minimum Gasteiger partial charge on any atom is -0.449 e. The van der Waals surface area contributed by atoms with E-state index in [1.165, 1.54) is 18.3 Å². The summed E-state index contributed by atoms with van der Waals surface area (Å²) in [6, 6.07) is 8.27. The van der Waals surface area contributed by atoms with Gasteiger partial charge in [-0.15, -0.1) is 0 Å². The number of para-hydroxylation sites is 1. The predicted molar refractivity (Wildman–Crippen MR) is 94.5 cm³/mol. The van der Waals surface area contributed by atoms with Crippen LogP contribution in [-0.4, -0.2) is 25.6 Å². The van der Waals surface area contributed by atoms with Gasteiger partial charge in [0.1, 0.15) is 0 Å². The van der Waals surface area contributed by atoms with Crippen molar-refractivity contribution in [3.63, 3.8) is 0 Å². The fourth-order valence-electron chi connectivity index (χ4n) is 2.56. The first-order chi connectivity index (χ1) is 11.8. The molecule has 3 rings (SSSR count). The lowest BCUT2D eigenvalue weighted by molar-refractivity contribution is 0.0923. The summed E-state index contributed by atoms with van der Waals surface area (Å²) >= 11 is 6.09. The van der Waals surface area contributed by atoms with Crippen molar-refractivity contribution in [3.8, 4) is 0 Å². The maximum atomic E-state index is 12.5. The predicted octanol–water partition coefficient (Wildman–Crippen LogP) is 3.12. The van der Waals surface area contributed by atoms with Gasteiger partial charge >= 0.3 is 0 Å². The molecule has 0 fully saturated rings. The molecule has 25 heavy (non-hydrogen) atoms. The number of nitrogens with one attached hydrogen (secondary N) is 1. The molecule has 1 aromatic carbocycles. The first-order valence-corrected chi connectivity index (χ1v) is 9.65. The molecule has 0 saturated heterocycles. The van der Waals surface area contributed by atoms with Crippen LogP contribution in [0.15, 0.2) is 45.8 Å². The molecule has 3 aromatic rings. The van der Waals surface area contributed by atoms with Crippen molar-refractivity contribution in [1.29, 1.82) is 0 Å². The summed E-state index contributed by atoms with van der Waals surface area (Å²) < 4.78 is 29.2. The fourth-order valence-corrected chi connectivity index (χ4v) is 3.66. The van der Waals surface area contributed by atoms with E-state index in [4.69, 9.17) is 16.0 Å². The van der Waals surface area contributed by atoms with Gasteiger partial charge < -0.3 is 9.73 Å². The van der Waals surface area contributed by atoms with Crippen LogP contribution < -0.4 is 5.32 Å². The van der Waals surface area contributed by atoms with Crippen LogP contribution in [0.5, 0.6) is 0 Å². The number of aromatic nitrogens is 1. The highest BCUT2D eigenvalue weighted by atomic mass is 35.5. The standard InChI is InChI=1S/C17H15ClN2O4S/c1-10-11-5-3-6-12(18)16(11)24-15(10)17(21)20-9-13-14(25(2,22)23)7-4-8-19-13/h3-8H,9H2,1-2H3,(H,20,21). The van der Waals surface area contributed by atoms with Crippen molar-refractivity contribution in [2.24, 2.45) is 0 Å². The van der Waals surface area contributed by atoms with Crippen molar-refractivity contribution < 1.29 is 17.6 Å². The third-order valence-corrected chi connectivity index (χ3v) is 5.25. The highest BCUT2D eigenvalue weighted by Gasteiger charge is 2.20. The third-order valence-electron chi connectivity index (χ3n) is 3.79. The number of pyridine rings is 1. The van der Waals surface area contributed by atoms with Crippen molar-refractivity contribution in [3.05, 3.63) is 58.6 Å². The molecule has 0 bridgehead atoms. The Kier molecular flexibility index (Phi) is 4.53. The van der Waals surface area contributed by atoms with Crippen LogP contribution in [0.4, 0.5) is 0 Å². The SMILES string of the molecule is Cc1c(C(=O)NCc2ncccc2S(C)(=O)=O)oc2c(Cl)cccc12. The summed E-state index contributed by atoms with van der Waals surface area (Å²) in [6.45, 7) is 1.73. The number of benzene rings is 1. The number of carbonyl (C=O) groups is 1. The lowest BCUT2D eigenvalue weighted by Gasteiger charge is -2.07. The van der Waals surface area contributed by atoms with E-state index in [-0.39, 0.29) is 22.9 Å². The number of nitrogens with zero attached hydrogens (tertiary/aromatic N) is 1. The highest BCUT2D eigenvalue weighted by Crippen LogP contribution is 2.30. The van der Waals surface area contributed by atoms with Crippen molar-refractivity contribution in [1.82, 2.24) is 10.3 Å². The number of rotatable bonds is 4. The van der Waals surface area contributed by atoms with Gasteiger partial charge in [-0.25, -0.2) is 8.42 Å². The van der Waals surface area contributed by atoms with E-state index in [1.54, 1.807) is 19.1 Å². The smallest absolute Gasteiger partial charge is 0.287 e. The summed E-state index contributed by atoms with van der Waals surface area (Å²) in [4.78, 5) is 16.6. The Balaban J connectivity index is 1.88. The van der Waals surface area contributed by atoms with Gasteiger partial charge in [0, 0.05) is 23.4 Å². The van der Waals surface area contributed by atoms with Gasteiger partial charge in [0.15, 0.2) is 21.2 Å². The maximum absolute atomic E-state index is 12.5. The van der Waals surface area contributed by atoms with Crippen molar-refractivity contribution >= 4 is 38.3 Å². The molecule has 130 valence electrons. The molecule has 0 saturated carbocycles. The Morgan fingerprint density at radius 1 is 1.28 bits per heavy atom. The Bertz CT molecular complexity index is 1070. The van der Waals surface area contributed by atoms with E-state index in [0.29, 0.717) is 16.2 Å². The molecule has 0 aliphatic carbocycles. The second-order valence-electron chi connectivity index (χ2n) is 5.58. The minimum atomic E-state index is -3.43. The molecule has 0 radical (unpaired) electrons. The molecular formula is C17H15ClN2O4S. The topological polar surface area (TPSA) is 89.3 Å². The summed E-state index contributed by atoms with van der Waals surface area (Å²) in [5.74, 6) is -0.324. The average Bonchev–Trinajstić information content (AvgIpc) is 2.91. The summed E-state index contributed by atoms with van der Waals surface area (Å²) in [6.07, 6.45) is 2.57. The van der Waals surface area contributed by atoms with Crippen LogP contribution >= 0.6 is 11.6 Å². The molecule has 0 aliphatic heterocycles. The quantitative estimate of drug-likeness (QED) is 0.753. The maximum Gasteiger partial charge on any atom is 0.287 e. The zero-order valence-corrected chi connectivity index (χ0v) is 15.1. The summed E-state index contributed by atoms with van der Waals surface area (Å²) in [5, 5.41) is 3.82. The molecule has 0 unspecified atom stereocenters. The van der Waals surface area contributed by atoms with Crippen LogP contribution in [-0.2, 0) is 16.4 Å². The number of hydrogen-bond acceptors (Lipinski definition) is 5. The molecular weight excluding hydrogens is 364 g/mol. The van der Waals surface area contributed by atoms with Crippen molar-refractivity contribution in [2.45, 2.75) is 18.4 Å². The molecule has 0 atom stereocenters. The van der Waals surface area contributed by atoms with Gasteiger partial charge in [-0.05, 0) is 25.1 Å². The minimum absolute atomic E-state index is 0.0354. The molecule has 0 aliphatic rings. The zero-order chi connectivity index (χ0) is 18.2. The van der Waals surface area contributed by atoms with Crippen LogP contribution in [0.25, 0.3) is 11.0 Å². The summed E-state index contributed by atoms with van der Waals surface area (Å²) in [7, 11) is -3.43. The second kappa shape index (κ2) is 6.50.